The molecule has 0 unspecified atom stereocenters. The van der Waals surface area contributed by atoms with Gasteiger partial charge in [-0.25, -0.2) is 0 Å². The van der Waals surface area contributed by atoms with Gasteiger partial charge in [-0.1, -0.05) is 26.0 Å². The second kappa shape index (κ2) is 7.58. The third-order valence-corrected chi connectivity index (χ3v) is 1.57. The zero-order chi connectivity index (χ0) is 14.2. The van der Waals surface area contributed by atoms with Crippen molar-refractivity contribution >= 4 is 5.97 Å². The first kappa shape index (κ1) is 16.3. The van der Waals surface area contributed by atoms with Crippen LogP contribution in [0, 0.1) is 0 Å². The van der Waals surface area contributed by atoms with Gasteiger partial charge in [-0.15, -0.1) is 13.2 Å². The molecule has 0 N–H and O–H groups in total. The first-order chi connectivity index (χ1) is 8.37. The maximum atomic E-state index is 11.9. The Morgan fingerprint density at radius 2 is 1.89 bits per heavy atom. The molecule has 0 atom stereocenters. The van der Waals surface area contributed by atoms with Crippen LogP contribution in [0.1, 0.15) is 26.3 Å². The summed E-state index contributed by atoms with van der Waals surface area (Å²) in [7, 11) is 0. The Morgan fingerprint density at radius 3 is 2.39 bits per heavy atom. The van der Waals surface area contributed by atoms with Crippen LogP contribution >= 0.6 is 0 Å². The summed E-state index contributed by atoms with van der Waals surface area (Å²) in [4.78, 5) is 10.5. The molecular formula is C12H15F3O3. The molecule has 1 aromatic rings. The van der Waals surface area contributed by atoms with E-state index < -0.39 is 12.3 Å². The third kappa shape index (κ3) is 7.54. The normalized spacial score (nSPS) is 10.1. The number of carbonyl (C=O) groups is 1. The maximum absolute atomic E-state index is 11.9. The van der Waals surface area contributed by atoms with Gasteiger partial charge in [0.15, 0.2) is 0 Å². The van der Waals surface area contributed by atoms with Gasteiger partial charge in [0.2, 0.25) is 0 Å². The number of hydrogen-bond donors (Lipinski definition) is 0. The van der Waals surface area contributed by atoms with Crippen molar-refractivity contribution in [3.05, 3.63) is 29.8 Å². The van der Waals surface area contributed by atoms with Crippen molar-refractivity contribution in [3.63, 3.8) is 0 Å². The summed E-state index contributed by atoms with van der Waals surface area (Å²) < 4.78 is 44.0. The van der Waals surface area contributed by atoms with Crippen molar-refractivity contribution in [2.45, 2.75) is 33.7 Å². The van der Waals surface area contributed by atoms with E-state index >= 15 is 0 Å². The fourth-order valence-corrected chi connectivity index (χ4v) is 1.02. The summed E-state index contributed by atoms with van der Waals surface area (Å²) >= 11 is 0. The molecule has 0 amide bonds. The Kier molecular flexibility index (Phi) is 6.85. The Labute approximate surface area is 104 Å². The Hall–Kier alpha value is -1.72. The van der Waals surface area contributed by atoms with Gasteiger partial charge in [-0.2, -0.15) is 0 Å². The van der Waals surface area contributed by atoms with Gasteiger partial charge in [0.25, 0.3) is 0 Å². The molecule has 0 aliphatic rings. The highest BCUT2D eigenvalue weighted by atomic mass is 19.4. The van der Waals surface area contributed by atoms with E-state index in [2.05, 4.69) is 9.47 Å². The highest BCUT2D eigenvalue weighted by molar-refractivity contribution is 5.65. The molecule has 0 aliphatic heterocycles. The van der Waals surface area contributed by atoms with Gasteiger partial charge < -0.3 is 9.47 Å². The molecule has 0 saturated heterocycles. The number of halogens is 3. The van der Waals surface area contributed by atoms with Gasteiger partial charge in [-0.3, -0.25) is 4.79 Å². The molecule has 0 aliphatic carbocycles. The molecule has 1 rings (SSSR count). The Balaban J connectivity index is 0.00000137. The van der Waals surface area contributed by atoms with E-state index in [0.29, 0.717) is 5.56 Å². The lowest BCUT2D eigenvalue weighted by Gasteiger charge is -2.09. The third-order valence-electron chi connectivity index (χ3n) is 1.57. The van der Waals surface area contributed by atoms with Gasteiger partial charge in [0.05, 0.1) is 0 Å². The second-order valence-corrected chi connectivity index (χ2v) is 2.98. The number of ether oxygens (including phenoxy) is 2. The van der Waals surface area contributed by atoms with Gasteiger partial charge in [0.1, 0.15) is 12.4 Å². The van der Waals surface area contributed by atoms with Crippen molar-refractivity contribution < 1.29 is 27.4 Å². The Morgan fingerprint density at radius 1 is 1.28 bits per heavy atom. The topological polar surface area (TPSA) is 35.5 Å². The van der Waals surface area contributed by atoms with Crippen LogP contribution < -0.4 is 4.74 Å². The number of carbonyl (C=O) groups excluding carboxylic acids is 1. The molecule has 0 heterocycles. The molecule has 0 radical (unpaired) electrons. The standard InChI is InChI=1S/C10H9F3O3.C2H6/c1-7(14)15-6-8-3-2-4-9(5-8)16-10(11,12)13;1-2/h2-5H,6H2,1H3;1-2H3. The lowest BCUT2D eigenvalue weighted by atomic mass is 10.2. The molecule has 0 spiro atoms. The SMILES string of the molecule is CC.CC(=O)OCc1cccc(OC(F)(F)F)c1. The predicted molar refractivity (Wildman–Crippen MR) is 59.9 cm³/mol. The smallest absolute Gasteiger partial charge is 0.461 e. The summed E-state index contributed by atoms with van der Waals surface area (Å²) in [6.45, 7) is 5.14. The molecule has 6 heteroatoms. The molecular weight excluding hydrogens is 249 g/mol. The van der Waals surface area contributed by atoms with E-state index in [9.17, 15) is 18.0 Å². The molecule has 0 bridgehead atoms. The highest BCUT2D eigenvalue weighted by Crippen LogP contribution is 2.23. The largest absolute Gasteiger partial charge is 0.573 e. The van der Waals surface area contributed by atoms with Crippen molar-refractivity contribution in [1.82, 2.24) is 0 Å². The highest BCUT2D eigenvalue weighted by Gasteiger charge is 2.31. The van der Waals surface area contributed by atoms with E-state index in [4.69, 9.17) is 0 Å². The summed E-state index contributed by atoms with van der Waals surface area (Å²) in [5, 5.41) is 0. The minimum absolute atomic E-state index is 0.0790. The van der Waals surface area contributed by atoms with Gasteiger partial charge in [0, 0.05) is 6.92 Å². The second-order valence-electron chi connectivity index (χ2n) is 2.98. The average molecular weight is 264 g/mol. The van der Waals surface area contributed by atoms with Crippen molar-refractivity contribution in [2.24, 2.45) is 0 Å². The lowest BCUT2D eigenvalue weighted by molar-refractivity contribution is -0.274. The number of alkyl halides is 3. The number of benzene rings is 1. The van der Waals surface area contributed by atoms with Crippen LogP contribution in [0.5, 0.6) is 5.75 Å². The quantitative estimate of drug-likeness (QED) is 0.781. The summed E-state index contributed by atoms with van der Waals surface area (Å²) in [6.07, 6.45) is -4.72. The van der Waals surface area contributed by atoms with E-state index in [1.165, 1.54) is 25.1 Å². The van der Waals surface area contributed by atoms with Crippen LogP contribution in [0.3, 0.4) is 0 Å². The zero-order valence-corrected chi connectivity index (χ0v) is 10.4. The fraction of sp³-hybridized carbons (Fsp3) is 0.417. The van der Waals surface area contributed by atoms with Crippen molar-refractivity contribution in [2.75, 3.05) is 0 Å². The van der Waals surface area contributed by atoms with E-state index in [1.807, 2.05) is 13.8 Å². The van der Waals surface area contributed by atoms with Crippen LogP contribution in [0.25, 0.3) is 0 Å². The van der Waals surface area contributed by atoms with Crippen molar-refractivity contribution in [3.8, 4) is 5.75 Å². The van der Waals surface area contributed by atoms with Gasteiger partial charge in [-0.05, 0) is 17.7 Å². The summed E-state index contributed by atoms with van der Waals surface area (Å²) in [5.74, 6) is -0.834. The number of rotatable bonds is 3. The summed E-state index contributed by atoms with van der Waals surface area (Å²) in [5.41, 5.74) is 0.428. The van der Waals surface area contributed by atoms with E-state index in [-0.39, 0.29) is 12.4 Å². The molecule has 0 aromatic heterocycles. The van der Waals surface area contributed by atoms with Gasteiger partial charge >= 0.3 is 12.3 Å². The monoisotopic (exact) mass is 264 g/mol. The van der Waals surface area contributed by atoms with Crippen LogP contribution in [0.2, 0.25) is 0 Å². The predicted octanol–water partition coefficient (Wildman–Crippen LogP) is 3.67. The van der Waals surface area contributed by atoms with E-state index in [0.717, 1.165) is 6.07 Å². The Bertz CT molecular complexity index is 375. The minimum Gasteiger partial charge on any atom is -0.461 e. The molecule has 0 saturated carbocycles. The van der Waals surface area contributed by atoms with Crippen molar-refractivity contribution in [1.29, 1.82) is 0 Å². The summed E-state index contributed by atoms with van der Waals surface area (Å²) in [6, 6.07) is 5.26. The number of hydrogen-bond acceptors (Lipinski definition) is 3. The molecule has 18 heavy (non-hydrogen) atoms. The van der Waals surface area contributed by atoms with Crippen LogP contribution in [-0.4, -0.2) is 12.3 Å². The lowest BCUT2D eigenvalue weighted by Crippen LogP contribution is -2.17. The van der Waals surface area contributed by atoms with E-state index in [1.54, 1.807) is 0 Å². The average Bonchev–Trinajstić information content (AvgIpc) is 2.27. The fourth-order valence-electron chi connectivity index (χ4n) is 1.02. The molecule has 102 valence electrons. The molecule has 0 fully saturated rings. The number of esters is 1. The maximum Gasteiger partial charge on any atom is 0.573 e. The first-order valence-corrected chi connectivity index (χ1v) is 5.35. The van der Waals surface area contributed by atoms with Crippen LogP contribution in [0.4, 0.5) is 13.2 Å². The van der Waals surface area contributed by atoms with Crippen LogP contribution in [-0.2, 0) is 16.1 Å². The first-order valence-electron chi connectivity index (χ1n) is 5.35. The molecule has 3 nitrogen and oxygen atoms in total. The molecule has 1 aromatic carbocycles. The zero-order valence-electron chi connectivity index (χ0n) is 10.4. The minimum atomic E-state index is -4.72. The van der Waals surface area contributed by atoms with Crippen LogP contribution in [0.15, 0.2) is 24.3 Å².